The molecule has 70 valence electrons. The van der Waals surface area contributed by atoms with Gasteiger partial charge in [0.25, 0.3) is 0 Å². The molecule has 0 fully saturated rings. The van der Waals surface area contributed by atoms with E-state index < -0.39 is 0 Å². The van der Waals surface area contributed by atoms with Crippen LogP contribution in [-0.4, -0.2) is 5.75 Å². The lowest BCUT2D eigenvalue weighted by atomic mass is 10.3. The van der Waals surface area contributed by atoms with E-state index in [0.717, 1.165) is 5.75 Å². The van der Waals surface area contributed by atoms with Crippen LogP contribution < -0.4 is 0 Å². The Hall–Kier alpha value is -0.690. The van der Waals surface area contributed by atoms with Gasteiger partial charge in [0.2, 0.25) is 0 Å². The SMILES string of the molecule is CCC/C=C\CSc1ccccc1. The molecule has 0 bridgehead atoms. The van der Waals surface area contributed by atoms with Crippen LogP contribution in [0.2, 0.25) is 0 Å². The summed E-state index contributed by atoms with van der Waals surface area (Å²) in [6.45, 7) is 2.20. The molecule has 0 atom stereocenters. The lowest BCUT2D eigenvalue weighted by molar-refractivity contribution is 0.957. The van der Waals surface area contributed by atoms with Gasteiger partial charge in [0.05, 0.1) is 0 Å². The van der Waals surface area contributed by atoms with Gasteiger partial charge in [-0.15, -0.1) is 11.8 Å². The highest BCUT2D eigenvalue weighted by molar-refractivity contribution is 7.99. The summed E-state index contributed by atoms with van der Waals surface area (Å²) in [6.07, 6.45) is 6.96. The van der Waals surface area contributed by atoms with E-state index in [1.165, 1.54) is 17.7 Å². The van der Waals surface area contributed by atoms with Gasteiger partial charge in [0, 0.05) is 10.6 Å². The lowest BCUT2D eigenvalue weighted by Crippen LogP contribution is -1.72. The second kappa shape index (κ2) is 6.79. The molecule has 0 saturated carbocycles. The molecule has 0 heterocycles. The number of benzene rings is 1. The van der Waals surface area contributed by atoms with Gasteiger partial charge >= 0.3 is 0 Å². The number of hydrogen-bond donors (Lipinski definition) is 0. The number of unbranched alkanes of at least 4 members (excludes halogenated alkanes) is 1. The van der Waals surface area contributed by atoms with Crippen LogP contribution in [0.1, 0.15) is 19.8 Å². The van der Waals surface area contributed by atoms with E-state index in [2.05, 4.69) is 49.4 Å². The third kappa shape index (κ3) is 4.79. The predicted octanol–water partition coefficient (Wildman–Crippen LogP) is 4.14. The largest absolute Gasteiger partial charge is 0.122 e. The Labute approximate surface area is 85.1 Å². The van der Waals surface area contributed by atoms with Crippen LogP contribution >= 0.6 is 11.8 Å². The molecule has 0 radical (unpaired) electrons. The Balaban J connectivity index is 2.20. The van der Waals surface area contributed by atoms with E-state index in [-0.39, 0.29) is 0 Å². The molecular weight excluding hydrogens is 176 g/mol. The number of thioether (sulfide) groups is 1. The average molecular weight is 192 g/mol. The minimum absolute atomic E-state index is 1.09. The van der Waals surface area contributed by atoms with Crippen LogP contribution in [0.15, 0.2) is 47.4 Å². The number of hydrogen-bond acceptors (Lipinski definition) is 1. The molecule has 0 amide bonds. The van der Waals surface area contributed by atoms with Gasteiger partial charge in [-0.2, -0.15) is 0 Å². The van der Waals surface area contributed by atoms with Crippen molar-refractivity contribution in [1.29, 1.82) is 0 Å². The Bertz CT molecular complexity index is 239. The second-order valence-electron chi connectivity index (χ2n) is 2.88. The van der Waals surface area contributed by atoms with Crippen LogP contribution in [0.25, 0.3) is 0 Å². The quantitative estimate of drug-likeness (QED) is 0.499. The van der Waals surface area contributed by atoms with Crippen molar-refractivity contribution in [3.05, 3.63) is 42.5 Å². The normalized spacial score (nSPS) is 10.8. The third-order valence-corrected chi connectivity index (χ3v) is 2.68. The fourth-order valence-corrected chi connectivity index (χ4v) is 1.79. The zero-order valence-electron chi connectivity index (χ0n) is 8.07. The summed E-state index contributed by atoms with van der Waals surface area (Å²) < 4.78 is 0. The van der Waals surface area contributed by atoms with Gasteiger partial charge in [-0.25, -0.2) is 0 Å². The molecule has 0 spiro atoms. The number of rotatable bonds is 5. The summed E-state index contributed by atoms with van der Waals surface area (Å²) in [7, 11) is 0. The molecule has 1 heteroatoms. The van der Waals surface area contributed by atoms with Crippen molar-refractivity contribution in [2.45, 2.75) is 24.7 Å². The topological polar surface area (TPSA) is 0 Å². The third-order valence-electron chi connectivity index (χ3n) is 1.71. The Kier molecular flexibility index (Phi) is 5.42. The predicted molar refractivity (Wildman–Crippen MR) is 61.2 cm³/mol. The molecule has 0 aliphatic carbocycles. The first-order valence-electron chi connectivity index (χ1n) is 4.76. The van der Waals surface area contributed by atoms with Crippen molar-refractivity contribution in [3.8, 4) is 0 Å². The van der Waals surface area contributed by atoms with Gasteiger partial charge in [-0.3, -0.25) is 0 Å². The molecule has 0 N–H and O–H groups in total. The smallest absolute Gasteiger partial charge is 0.0160 e. The second-order valence-corrected chi connectivity index (χ2v) is 3.98. The van der Waals surface area contributed by atoms with E-state index in [0.29, 0.717) is 0 Å². The molecule has 1 aromatic rings. The van der Waals surface area contributed by atoms with Crippen LogP contribution in [-0.2, 0) is 0 Å². The van der Waals surface area contributed by atoms with Crippen molar-refractivity contribution >= 4 is 11.8 Å². The van der Waals surface area contributed by atoms with E-state index >= 15 is 0 Å². The summed E-state index contributed by atoms with van der Waals surface area (Å²) in [5.74, 6) is 1.09. The van der Waals surface area contributed by atoms with Gasteiger partial charge < -0.3 is 0 Å². The highest BCUT2D eigenvalue weighted by Crippen LogP contribution is 2.16. The molecule has 13 heavy (non-hydrogen) atoms. The molecular formula is C12H16S. The molecule has 0 unspecified atom stereocenters. The first-order chi connectivity index (χ1) is 6.43. The maximum atomic E-state index is 2.26. The number of allylic oxidation sites excluding steroid dienone is 1. The van der Waals surface area contributed by atoms with Gasteiger partial charge in [-0.1, -0.05) is 43.7 Å². The van der Waals surface area contributed by atoms with Crippen molar-refractivity contribution in [3.63, 3.8) is 0 Å². The van der Waals surface area contributed by atoms with E-state index in [4.69, 9.17) is 0 Å². The Morgan fingerprint density at radius 3 is 2.62 bits per heavy atom. The Morgan fingerprint density at radius 1 is 1.15 bits per heavy atom. The summed E-state index contributed by atoms with van der Waals surface area (Å²) in [4.78, 5) is 1.35. The zero-order chi connectivity index (χ0) is 9.36. The summed E-state index contributed by atoms with van der Waals surface area (Å²) >= 11 is 1.88. The fourth-order valence-electron chi connectivity index (χ4n) is 1.01. The summed E-state index contributed by atoms with van der Waals surface area (Å²) in [5, 5.41) is 0. The van der Waals surface area contributed by atoms with Crippen molar-refractivity contribution in [2.75, 3.05) is 5.75 Å². The Morgan fingerprint density at radius 2 is 1.92 bits per heavy atom. The van der Waals surface area contributed by atoms with Crippen molar-refractivity contribution in [1.82, 2.24) is 0 Å². The maximum Gasteiger partial charge on any atom is 0.0160 e. The van der Waals surface area contributed by atoms with Crippen molar-refractivity contribution in [2.24, 2.45) is 0 Å². The fraction of sp³-hybridized carbons (Fsp3) is 0.333. The molecule has 0 aliphatic heterocycles. The molecule has 0 saturated heterocycles. The summed E-state index contributed by atoms with van der Waals surface area (Å²) in [6, 6.07) is 10.5. The first-order valence-corrected chi connectivity index (χ1v) is 5.75. The van der Waals surface area contributed by atoms with E-state index in [1.807, 2.05) is 11.8 Å². The van der Waals surface area contributed by atoms with Crippen LogP contribution in [0, 0.1) is 0 Å². The van der Waals surface area contributed by atoms with Crippen LogP contribution in [0.4, 0.5) is 0 Å². The van der Waals surface area contributed by atoms with Crippen LogP contribution in [0.3, 0.4) is 0 Å². The van der Waals surface area contributed by atoms with Crippen molar-refractivity contribution < 1.29 is 0 Å². The first kappa shape index (κ1) is 10.4. The highest BCUT2D eigenvalue weighted by Gasteiger charge is 1.87. The van der Waals surface area contributed by atoms with E-state index in [1.54, 1.807) is 0 Å². The molecule has 0 nitrogen and oxygen atoms in total. The van der Waals surface area contributed by atoms with Gasteiger partial charge in [0.15, 0.2) is 0 Å². The molecule has 0 aliphatic rings. The van der Waals surface area contributed by atoms with Crippen LogP contribution in [0.5, 0.6) is 0 Å². The highest BCUT2D eigenvalue weighted by atomic mass is 32.2. The minimum Gasteiger partial charge on any atom is -0.122 e. The maximum absolute atomic E-state index is 2.26. The zero-order valence-corrected chi connectivity index (χ0v) is 8.89. The minimum atomic E-state index is 1.09. The molecule has 0 aromatic heterocycles. The van der Waals surface area contributed by atoms with E-state index in [9.17, 15) is 0 Å². The van der Waals surface area contributed by atoms with Gasteiger partial charge in [-0.05, 0) is 18.6 Å². The monoisotopic (exact) mass is 192 g/mol. The molecule has 1 rings (SSSR count). The standard InChI is InChI=1S/C12H16S/c1-2-3-4-8-11-13-12-9-6-5-7-10-12/h4-10H,2-3,11H2,1H3/b8-4-. The molecule has 1 aromatic carbocycles. The average Bonchev–Trinajstić information content (AvgIpc) is 2.19. The lowest BCUT2D eigenvalue weighted by Gasteiger charge is -1.95. The van der Waals surface area contributed by atoms with Gasteiger partial charge in [0.1, 0.15) is 0 Å². The summed E-state index contributed by atoms with van der Waals surface area (Å²) in [5.41, 5.74) is 0.